The lowest BCUT2D eigenvalue weighted by Crippen LogP contribution is -2.50. The van der Waals surface area contributed by atoms with E-state index in [0.29, 0.717) is 24.2 Å². The van der Waals surface area contributed by atoms with Crippen molar-refractivity contribution in [1.29, 1.82) is 0 Å². The van der Waals surface area contributed by atoms with Crippen LogP contribution in [-0.2, 0) is 24.2 Å². The van der Waals surface area contributed by atoms with Gasteiger partial charge in [0.25, 0.3) is 5.56 Å². The summed E-state index contributed by atoms with van der Waals surface area (Å²) in [7, 11) is 0. The molecule has 0 fully saturated rings. The quantitative estimate of drug-likeness (QED) is 0.678. The zero-order valence-electron chi connectivity index (χ0n) is 17.0. The number of thiophene rings is 1. The first-order valence-corrected chi connectivity index (χ1v) is 10.9. The minimum atomic E-state index is -0.160. The van der Waals surface area contributed by atoms with E-state index in [9.17, 15) is 9.59 Å². The SMILES string of the molecule is CCN1Cc2ccccc2C[C@@H]1C(=O)NCCc1nc2sc(C)c(C)c2c(=O)[nH]1. The number of aryl methyl sites for hydroxylation is 2. The van der Waals surface area contributed by atoms with Gasteiger partial charge in [-0.05, 0) is 43.5 Å². The van der Waals surface area contributed by atoms with Crippen molar-refractivity contribution in [1.82, 2.24) is 20.2 Å². The van der Waals surface area contributed by atoms with Crippen LogP contribution in [0.2, 0.25) is 0 Å². The van der Waals surface area contributed by atoms with Gasteiger partial charge in [0.2, 0.25) is 5.91 Å². The fourth-order valence-corrected chi connectivity index (χ4v) is 5.06. The van der Waals surface area contributed by atoms with Gasteiger partial charge >= 0.3 is 0 Å². The standard InChI is InChI=1S/C22H26N4O2S/c1-4-26-12-16-8-6-5-7-15(16)11-17(26)20(27)23-10-9-18-24-21(28)19-13(2)14(3)29-22(19)25-18/h5-8,17H,4,9-12H2,1-3H3,(H,23,27)(H,24,25,28)/t17-/m1/s1. The highest BCUT2D eigenvalue weighted by Crippen LogP contribution is 2.26. The van der Waals surface area contributed by atoms with E-state index in [-0.39, 0.29) is 17.5 Å². The Morgan fingerprint density at radius 2 is 2.07 bits per heavy atom. The molecule has 1 aromatic carbocycles. The monoisotopic (exact) mass is 410 g/mol. The van der Waals surface area contributed by atoms with Gasteiger partial charge in [-0.15, -0.1) is 11.3 Å². The molecule has 1 atom stereocenters. The Kier molecular flexibility index (Phi) is 5.52. The van der Waals surface area contributed by atoms with Crippen LogP contribution in [0.5, 0.6) is 0 Å². The molecule has 0 saturated carbocycles. The van der Waals surface area contributed by atoms with E-state index in [4.69, 9.17) is 0 Å². The molecule has 1 aliphatic rings. The predicted molar refractivity (Wildman–Crippen MR) is 116 cm³/mol. The minimum Gasteiger partial charge on any atom is -0.354 e. The highest BCUT2D eigenvalue weighted by Gasteiger charge is 2.30. The lowest BCUT2D eigenvalue weighted by atomic mass is 9.93. The number of nitrogens with one attached hydrogen (secondary N) is 2. The second-order valence-electron chi connectivity index (χ2n) is 7.57. The lowest BCUT2D eigenvalue weighted by Gasteiger charge is -2.35. The first-order valence-electron chi connectivity index (χ1n) is 10.0. The predicted octanol–water partition coefficient (Wildman–Crippen LogP) is 2.71. The number of hydrogen-bond donors (Lipinski definition) is 2. The topological polar surface area (TPSA) is 78.1 Å². The minimum absolute atomic E-state index is 0.0348. The first kappa shape index (κ1) is 19.8. The van der Waals surface area contributed by atoms with Crippen molar-refractivity contribution in [3.63, 3.8) is 0 Å². The molecule has 4 rings (SSSR count). The van der Waals surface area contributed by atoms with Gasteiger partial charge in [0, 0.05) is 24.4 Å². The maximum absolute atomic E-state index is 12.9. The van der Waals surface area contributed by atoms with Crippen molar-refractivity contribution >= 4 is 27.5 Å². The second-order valence-corrected chi connectivity index (χ2v) is 8.77. The van der Waals surface area contributed by atoms with Crippen LogP contribution in [0, 0.1) is 13.8 Å². The zero-order chi connectivity index (χ0) is 20.5. The summed E-state index contributed by atoms with van der Waals surface area (Å²) < 4.78 is 0. The fourth-order valence-electron chi connectivity index (χ4n) is 4.01. The zero-order valence-corrected chi connectivity index (χ0v) is 17.9. The number of benzene rings is 1. The molecule has 0 spiro atoms. The second kappa shape index (κ2) is 8.08. The van der Waals surface area contributed by atoms with Gasteiger partial charge in [-0.2, -0.15) is 0 Å². The van der Waals surface area contributed by atoms with E-state index in [2.05, 4.69) is 39.2 Å². The van der Waals surface area contributed by atoms with Crippen molar-refractivity contribution in [2.75, 3.05) is 13.1 Å². The van der Waals surface area contributed by atoms with Crippen LogP contribution in [0.3, 0.4) is 0 Å². The van der Waals surface area contributed by atoms with Crippen LogP contribution in [0.25, 0.3) is 10.2 Å². The molecular weight excluding hydrogens is 384 g/mol. The number of aromatic nitrogens is 2. The Bertz CT molecular complexity index is 1120. The molecule has 7 heteroatoms. The van der Waals surface area contributed by atoms with Crippen molar-refractivity contribution in [2.45, 2.75) is 46.2 Å². The number of hydrogen-bond acceptors (Lipinski definition) is 5. The number of aromatic amines is 1. The van der Waals surface area contributed by atoms with Crippen molar-refractivity contribution in [2.24, 2.45) is 0 Å². The Hall–Kier alpha value is -2.51. The summed E-state index contributed by atoms with van der Waals surface area (Å²) in [5.74, 6) is 0.651. The van der Waals surface area contributed by atoms with E-state index < -0.39 is 0 Å². The molecule has 152 valence electrons. The van der Waals surface area contributed by atoms with Crippen LogP contribution in [0.15, 0.2) is 29.1 Å². The molecule has 2 aromatic heterocycles. The summed E-state index contributed by atoms with van der Waals surface area (Å²) in [5.41, 5.74) is 3.45. The highest BCUT2D eigenvalue weighted by atomic mass is 32.1. The molecule has 0 saturated heterocycles. The number of H-pyrrole nitrogens is 1. The molecule has 0 bridgehead atoms. The van der Waals surface area contributed by atoms with E-state index in [1.807, 2.05) is 26.0 Å². The first-order chi connectivity index (χ1) is 14.0. The molecule has 0 aliphatic carbocycles. The summed E-state index contributed by atoms with van der Waals surface area (Å²) in [6, 6.07) is 8.16. The van der Waals surface area contributed by atoms with E-state index in [1.165, 1.54) is 11.1 Å². The number of fused-ring (bicyclic) bond motifs is 2. The van der Waals surface area contributed by atoms with Crippen molar-refractivity contribution in [3.8, 4) is 0 Å². The van der Waals surface area contributed by atoms with Gasteiger partial charge < -0.3 is 10.3 Å². The Morgan fingerprint density at radius 3 is 2.83 bits per heavy atom. The molecule has 1 aliphatic heterocycles. The number of amides is 1. The lowest BCUT2D eigenvalue weighted by molar-refractivity contribution is -0.126. The third kappa shape index (κ3) is 3.84. The van der Waals surface area contributed by atoms with Crippen LogP contribution in [0.4, 0.5) is 0 Å². The van der Waals surface area contributed by atoms with Gasteiger partial charge in [-0.25, -0.2) is 4.98 Å². The molecule has 0 radical (unpaired) electrons. The molecule has 1 amide bonds. The van der Waals surface area contributed by atoms with Gasteiger partial charge in [0.1, 0.15) is 10.7 Å². The van der Waals surface area contributed by atoms with Gasteiger partial charge in [0.05, 0.1) is 11.4 Å². The Balaban J connectivity index is 1.42. The highest BCUT2D eigenvalue weighted by molar-refractivity contribution is 7.18. The number of carbonyl (C=O) groups is 1. The normalized spacial score (nSPS) is 16.7. The number of carbonyl (C=O) groups excluding carboxylic acids is 1. The molecule has 6 nitrogen and oxygen atoms in total. The summed E-state index contributed by atoms with van der Waals surface area (Å²) in [6.07, 6.45) is 1.23. The van der Waals surface area contributed by atoms with Crippen LogP contribution in [-0.4, -0.2) is 39.9 Å². The fraction of sp³-hybridized carbons (Fsp3) is 0.409. The summed E-state index contributed by atoms with van der Waals surface area (Å²) in [6.45, 7) is 8.12. The van der Waals surface area contributed by atoms with Crippen LogP contribution < -0.4 is 10.9 Å². The third-order valence-corrected chi connectivity index (χ3v) is 6.90. The van der Waals surface area contributed by atoms with E-state index in [0.717, 1.165) is 34.8 Å². The third-order valence-electron chi connectivity index (χ3n) is 5.80. The number of rotatable bonds is 5. The molecule has 0 unspecified atom stereocenters. The molecular formula is C22H26N4O2S. The summed E-state index contributed by atoms with van der Waals surface area (Å²) >= 11 is 1.54. The van der Waals surface area contributed by atoms with E-state index in [1.54, 1.807) is 11.3 Å². The Morgan fingerprint density at radius 1 is 1.31 bits per heavy atom. The van der Waals surface area contributed by atoms with Gasteiger partial charge in [-0.1, -0.05) is 31.2 Å². The van der Waals surface area contributed by atoms with E-state index >= 15 is 0 Å². The van der Waals surface area contributed by atoms with Crippen molar-refractivity contribution in [3.05, 3.63) is 62.0 Å². The molecule has 3 heterocycles. The Labute approximate surface area is 174 Å². The molecule has 2 N–H and O–H groups in total. The smallest absolute Gasteiger partial charge is 0.259 e. The largest absolute Gasteiger partial charge is 0.354 e. The molecule has 3 aromatic rings. The number of likely N-dealkylation sites (N-methyl/N-ethyl adjacent to an activating group) is 1. The average molecular weight is 411 g/mol. The van der Waals surface area contributed by atoms with Crippen molar-refractivity contribution < 1.29 is 4.79 Å². The summed E-state index contributed by atoms with van der Waals surface area (Å²) in [5, 5.41) is 3.72. The molecule has 29 heavy (non-hydrogen) atoms. The van der Waals surface area contributed by atoms with Gasteiger partial charge in [0.15, 0.2) is 0 Å². The summed E-state index contributed by atoms with van der Waals surface area (Å²) in [4.78, 5) is 36.8. The average Bonchev–Trinajstić information content (AvgIpc) is 3.00. The van der Waals surface area contributed by atoms with Crippen LogP contribution in [0.1, 0.15) is 34.3 Å². The van der Waals surface area contributed by atoms with Gasteiger partial charge in [-0.3, -0.25) is 14.5 Å². The van der Waals surface area contributed by atoms with Crippen LogP contribution >= 0.6 is 11.3 Å². The maximum Gasteiger partial charge on any atom is 0.259 e. The number of nitrogens with zero attached hydrogens (tertiary/aromatic N) is 2. The maximum atomic E-state index is 12.9.